The minimum absolute atomic E-state index is 0.0733. The van der Waals surface area contributed by atoms with Gasteiger partial charge in [0.15, 0.2) is 17.3 Å². The third kappa shape index (κ3) is 9.81. The van der Waals surface area contributed by atoms with Gasteiger partial charge in [0.25, 0.3) is 0 Å². The highest BCUT2D eigenvalue weighted by Crippen LogP contribution is 2.26. The summed E-state index contributed by atoms with van der Waals surface area (Å²) in [5.41, 5.74) is 0.551. The monoisotopic (exact) mass is 586 g/mol. The van der Waals surface area contributed by atoms with Crippen LogP contribution in [0, 0.1) is 22.2 Å². The Balaban J connectivity index is 1.68. The van der Waals surface area contributed by atoms with Gasteiger partial charge < -0.3 is 14.2 Å². The Hall–Kier alpha value is -3.93. The van der Waals surface area contributed by atoms with Crippen LogP contribution in [0.4, 0.5) is 0 Å². The summed E-state index contributed by atoms with van der Waals surface area (Å²) in [4.78, 5) is 37.8. The number of carbonyl (C=O) groups excluding carboxylic acids is 3. The quantitative estimate of drug-likeness (QED) is 0.198. The van der Waals surface area contributed by atoms with Gasteiger partial charge >= 0.3 is 0 Å². The van der Waals surface area contributed by atoms with Gasteiger partial charge in [0.1, 0.15) is 17.2 Å². The van der Waals surface area contributed by atoms with Crippen molar-refractivity contribution in [1.82, 2.24) is 0 Å². The Labute approximate surface area is 256 Å². The maximum Gasteiger partial charge on any atom is 0.168 e. The van der Waals surface area contributed by atoms with E-state index in [1.54, 1.807) is 72.8 Å². The summed E-state index contributed by atoms with van der Waals surface area (Å²) < 4.78 is 18.2. The summed E-state index contributed by atoms with van der Waals surface area (Å²) in [6.07, 6.45) is 0. The van der Waals surface area contributed by atoms with Crippen molar-refractivity contribution in [2.45, 2.75) is 62.3 Å². The number of benzene rings is 3. The summed E-state index contributed by atoms with van der Waals surface area (Å²) in [6, 6.07) is 21.5. The average Bonchev–Trinajstić information content (AvgIpc) is 2.95. The lowest BCUT2D eigenvalue weighted by Gasteiger charge is -2.20. The molecule has 0 saturated heterocycles. The van der Waals surface area contributed by atoms with Crippen molar-refractivity contribution in [2.75, 3.05) is 19.8 Å². The lowest BCUT2D eigenvalue weighted by molar-refractivity contribution is 0.0852. The number of ether oxygens (including phenoxy) is 3. The molecule has 0 saturated carbocycles. The van der Waals surface area contributed by atoms with E-state index >= 15 is 0 Å². The summed E-state index contributed by atoms with van der Waals surface area (Å²) in [7, 11) is 0. The molecule has 230 valence electrons. The van der Waals surface area contributed by atoms with Crippen molar-refractivity contribution in [3.05, 3.63) is 89.5 Å². The minimum atomic E-state index is -0.460. The first-order valence-electron chi connectivity index (χ1n) is 14.8. The maximum atomic E-state index is 12.6. The number of hydrogen-bond donors (Lipinski definition) is 0. The fourth-order valence-electron chi connectivity index (χ4n) is 4.19. The van der Waals surface area contributed by atoms with Crippen molar-refractivity contribution in [2.24, 2.45) is 22.2 Å². The minimum Gasteiger partial charge on any atom is -0.493 e. The Morgan fingerprint density at radius 3 is 0.837 bits per heavy atom. The molecule has 43 heavy (non-hydrogen) atoms. The highest BCUT2D eigenvalue weighted by Gasteiger charge is 2.25. The van der Waals surface area contributed by atoms with Gasteiger partial charge in [-0.05, 0) is 72.8 Å². The molecule has 0 fully saturated rings. The molecular formula is C37H46O6. The van der Waals surface area contributed by atoms with Crippen LogP contribution in [0.2, 0.25) is 0 Å². The van der Waals surface area contributed by atoms with Crippen LogP contribution < -0.4 is 14.2 Å². The lowest BCUT2D eigenvalue weighted by Crippen LogP contribution is -2.26. The molecule has 0 atom stereocenters. The van der Waals surface area contributed by atoms with E-state index in [0.717, 1.165) is 0 Å². The summed E-state index contributed by atoms with van der Waals surface area (Å²) in [5, 5.41) is 0. The van der Waals surface area contributed by atoms with E-state index in [2.05, 4.69) is 0 Å². The van der Waals surface area contributed by atoms with Crippen molar-refractivity contribution in [1.29, 1.82) is 0 Å². The Morgan fingerprint density at radius 2 is 0.651 bits per heavy atom. The Kier molecular flexibility index (Phi) is 10.6. The highest BCUT2D eigenvalue weighted by atomic mass is 16.5. The molecule has 0 bridgehead atoms. The normalized spacial score (nSPS) is 12.1. The topological polar surface area (TPSA) is 78.9 Å². The second-order valence-electron chi connectivity index (χ2n) is 14.1. The Bertz CT molecular complexity index is 1210. The van der Waals surface area contributed by atoms with Crippen LogP contribution in [-0.4, -0.2) is 37.2 Å². The van der Waals surface area contributed by atoms with E-state index in [-0.39, 0.29) is 23.3 Å². The lowest BCUT2D eigenvalue weighted by atomic mass is 9.86. The van der Waals surface area contributed by atoms with Gasteiger partial charge in [0, 0.05) is 32.9 Å². The molecule has 0 radical (unpaired) electrons. The third-order valence-corrected chi connectivity index (χ3v) is 6.85. The molecule has 0 aliphatic carbocycles. The van der Waals surface area contributed by atoms with Crippen molar-refractivity contribution < 1.29 is 28.6 Å². The second kappa shape index (κ2) is 13.6. The van der Waals surface area contributed by atoms with Crippen LogP contribution in [0.25, 0.3) is 0 Å². The van der Waals surface area contributed by atoms with E-state index in [4.69, 9.17) is 14.2 Å². The van der Waals surface area contributed by atoms with Gasteiger partial charge in [-0.15, -0.1) is 0 Å². The van der Waals surface area contributed by atoms with Crippen LogP contribution in [0.1, 0.15) is 93.4 Å². The molecular weight excluding hydrogens is 540 g/mol. The maximum absolute atomic E-state index is 12.6. The molecule has 0 aliphatic rings. The fourth-order valence-corrected chi connectivity index (χ4v) is 4.19. The zero-order chi connectivity index (χ0) is 32.0. The van der Waals surface area contributed by atoms with Gasteiger partial charge in [-0.25, -0.2) is 0 Å². The van der Waals surface area contributed by atoms with E-state index in [1.165, 1.54) is 0 Å². The molecule has 0 aromatic heterocycles. The summed E-state index contributed by atoms with van der Waals surface area (Å²) in [6.45, 7) is 18.0. The number of ketones is 3. The number of carbonyl (C=O) groups is 3. The largest absolute Gasteiger partial charge is 0.493 e. The number of Topliss-reactive ketones (excluding diaryl/α,β-unsaturated/α-hetero) is 3. The third-order valence-electron chi connectivity index (χ3n) is 6.85. The molecule has 3 rings (SSSR count). The van der Waals surface area contributed by atoms with Crippen LogP contribution in [0.3, 0.4) is 0 Å². The van der Waals surface area contributed by atoms with Gasteiger partial charge in [-0.1, -0.05) is 62.3 Å². The first-order chi connectivity index (χ1) is 19.9. The van der Waals surface area contributed by atoms with E-state index in [1.807, 2.05) is 62.3 Å². The van der Waals surface area contributed by atoms with Crippen LogP contribution in [0.5, 0.6) is 17.2 Å². The zero-order valence-electron chi connectivity index (χ0n) is 27.1. The van der Waals surface area contributed by atoms with E-state index in [0.29, 0.717) is 53.8 Å². The molecule has 0 spiro atoms. The summed E-state index contributed by atoms with van der Waals surface area (Å²) in [5.74, 6) is 2.00. The number of rotatable bonds is 12. The molecule has 0 amide bonds. The van der Waals surface area contributed by atoms with Crippen LogP contribution in [0.15, 0.2) is 72.8 Å². The fraction of sp³-hybridized carbons (Fsp3) is 0.432. The smallest absolute Gasteiger partial charge is 0.168 e. The van der Waals surface area contributed by atoms with Crippen LogP contribution in [-0.2, 0) is 0 Å². The first-order valence-corrected chi connectivity index (χ1v) is 14.8. The molecule has 0 heterocycles. The molecule has 3 aromatic rings. The Morgan fingerprint density at radius 1 is 0.442 bits per heavy atom. The number of hydrogen-bond acceptors (Lipinski definition) is 6. The molecule has 0 N–H and O–H groups in total. The predicted molar refractivity (Wildman–Crippen MR) is 171 cm³/mol. The summed E-state index contributed by atoms with van der Waals surface area (Å²) >= 11 is 0. The van der Waals surface area contributed by atoms with E-state index in [9.17, 15) is 14.4 Å². The molecule has 0 unspecified atom stereocenters. The zero-order valence-corrected chi connectivity index (χ0v) is 27.1. The van der Waals surface area contributed by atoms with Crippen molar-refractivity contribution in [3.63, 3.8) is 0 Å². The van der Waals surface area contributed by atoms with Crippen molar-refractivity contribution in [3.8, 4) is 17.2 Å². The van der Waals surface area contributed by atoms with Gasteiger partial charge in [-0.2, -0.15) is 0 Å². The molecule has 6 heteroatoms. The molecule has 6 nitrogen and oxygen atoms in total. The van der Waals surface area contributed by atoms with Gasteiger partial charge in [0.2, 0.25) is 0 Å². The van der Waals surface area contributed by atoms with Gasteiger partial charge in [0.05, 0.1) is 25.7 Å². The SMILES string of the molecule is CC(C)(C)C(=O)c1ccc(OCC(COc2ccc(C(=O)C(C)(C)C)cc2)COc2ccc(C(=O)C(C)(C)C)cc2)cc1. The van der Waals surface area contributed by atoms with E-state index < -0.39 is 16.2 Å². The molecule has 0 aliphatic heterocycles. The predicted octanol–water partition coefficient (Wildman–Crippen LogP) is 8.53. The second-order valence-corrected chi connectivity index (χ2v) is 14.1. The van der Waals surface area contributed by atoms with Crippen LogP contribution >= 0.6 is 0 Å². The molecule has 3 aromatic carbocycles. The standard InChI is InChI=1S/C37H46O6/c1-35(2,3)32(38)26-10-16-29(17-11-26)41-22-25(23-42-30-18-12-27(13-19-30)33(39)36(4,5)6)24-43-31-20-14-28(15-21-31)34(40)37(7,8)9/h10-21,25H,22-24H2,1-9H3. The van der Waals surface area contributed by atoms with Gasteiger partial charge in [-0.3, -0.25) is 14.4 Å². The highest BCUT2D eigenvalue weighted by molar-refractivity contribution is 6.00. The van der Waals surface area contributed by atoms with Crippen molar-refractivity contribution >= 4 is 17.3 Å². The first kappa shape index (κ1) is 33.6. The average molecular weight is 587 g/mol.